The van der Waals surface area contributed by atoms with Gasteiger partial charge in [-0.05, 0) is 50.2 Å². The summed E-state index contributed by atoms with van der Waals surface area (Å²) in [5.41, 5.74) is 2.95. The van der Waals surface area contributed by atoms with Gasteiger partial charge in [-0.15, -0.1) is 0 Å². The molecule has 0 bridgehead atoms. The van der Waals surface area contributed by atoms with E-state index >= 15 is 0 Å². The third-order valence-corrected chi connectivity index (χ3v) is 5.02. The molecule has 1 aliphatic heterocycles. The molecule has 0 saturated carbocycles. The number of hydrogen-bond donors (Lipinski definition) is 2. The first-order valence-corrected chi connectivity index (χ1v) is 9.70. The van der Waals surface area contributed by atoms with Gasteiger partial charge < -0.3 is 15.3 Å². The van der Waals surface area contributed by atoms with Gasteiger partial charge in [0.2, 0.25) is 0 Å². The van der Waals surface area contributed by atoms with E-state index in [1.807, 2.05) is 19.1 Å². The Hall–Kier alpha value is -2.86. The second-order valence-corrected chi connectivity index (χ2v) is 7.19. The standard InChI is InChI=1S/C22H27N3O3/c1-3-9-24-10-12-25(13-11-24)20-8-7-18(15-19(20)22(27)28)23-21(26)17-6-4-5-16(2)14-17/h4-8,14-15H,3,9-13H2,1-2H3,(H,23,26)(H,27,28). The van der Waals surface area contributed by atoms with Crippen molar-refractivity contribution in [1.29, 1.82) is 0 Å². The van der Waals surface area contributed by atoms with Crippen LogP contribution in [0.1, 0.15) is 39.6 Å². The van der Waals surface area contributed by atoms with Crippen LogP contribution >= 0.6 is 0 Å². The summed E-state index contributed by atoms with van der Waals surface area (Å²) in [4.78, 5) is 28.8. The van der Waals surface area contributed by atoms with Crippen LogP contribution in [0, 0.1) is 6.92 Å². The van der Waals surface area contributed by atoms with Gasteiger partial charge >= 0.3 is 5.97 Å². The van der Waals surface area contributed by atoms with Crippen LogP contribution in [0.15, 0.2) is 42.5 Å². The lowest BCUT2D eigenvalue weighted by molar-refractivity contribution is 0.0697. The van der Waals surface area contributed by atoms with Gasteiger partial charge in [0.15, 0.2) is 0 Å². The van der Waals surface area contributed by atoms with Crippen molar-refractivity contribution < 1.29 is 14.7 Å². The van der Waals surface area contributed by atoms with Crippen molar-refractivity contribution in [2.45, 2.75) is 20.3 Å². The van der Waals surface area contributed by atoms with Gasteiger partial charge in [0, 0.05) is 37.4 Å². The Morgan fingerprint density at radius 1 is 1.07 bits per heavy atom. The van der Waals surface area contributed by atoms with Crippen molar-refractivity contribution in [2.24, 2.45) is 0 Å². The summed E-state index contributed by atoms with van der Waals surface area (Å²) in [6, 6.07) is 12.4. The molecule has 1 saturated heterocycles. The molecule has 1 aliphatic rings. The molecule has 6 heteroatoms. The molecule has 3 rings (SSSR count). The van der Waals surface area contributed by atoms with E-state index in [0.717, 1.165) is 44.7 Å². The Morgan fingerprint density at radius 2 is 1.82 bits per heavy atom. The highest BCUT2D eigenvalue weighted by Gasteiger charge is 2.21. The van der Waals surface area contributed by atoms with Gasteiger partial charge in [-0.2, -0.15) is 0 Å². The Kier molecular flexibility index (Phi) is 6.31. The quantitative estimate of drug-likeness (QED) is 0.801. The molecule has 0 spiro atoms. The van der Waals surface area contributed by atoms with Crippen molar-refractivity contribution in [2.75, 3.05) is 42.9 Å². The Labute approximate surface area is 165 Å². The Balaban J connectivity index is 1.76. The number of carboxylic acids is 1. The zero-order chi connectivity index (χ0) is 20.1. The average molecular weight is 381 g/mol. The lowest BCUT2D eigenvalue weighted by Gasteiger charge is -2.36. The van der Waals surface area contributed by atoms with E-state index in [9.17, 15) is 14.7 Å². The third-order valence-electron chi connectivity index (χ3n) is 5.02. The van der Waals surface area contributed by atoms with E-state index in [2.05, 4.69) is 22.0 Å². The van der Waals surface area contributed by atoms with E-state index in [1.54, 1.807) is 30.3 Å². The molecule has 28 heavy (non-hydrogen) atoms. The zero-order valence-corrected chi connectivity index (χ0v) is 16.4. The second kappa shape index (κ2) is 8.89. The molecule has 2 aromatic carbocycles. The number of piperazine rings is 1. The van der Waals surface area contributed by atoms with Crippen LogP contribution in [0.4, 0.5) is 11.4 Å². The zero-order valence-electron chi connectivity index (χ0n) is 16.4. The van der Waals surface area contributed by atoms with E-state index in [0.29, 0.717) is 16.9 Å². The van der Waals surface area contributed by atoms with Gasteiger partial charge in [0.1, 0.15) is 0 Å². The van der Waals surface area contributed by atoms with Gasteiger partial charge in [-0.3, -0.25) is 9.69 Å². The number of nitrogens with one attached hydrogen (secondary N) is 1. The van der Waals surface area contributed by atoms with Crippen molar-refractivity contribution in [3.8, 4) is 0 Å². The first-order chi connectivity index (χ1) is 13.5. The van der Waals surface area contributed by atoms with Gasteiger partial charge in [-0.1, -0.05) is 24.6 Å². The van der Waals surface area contributed by atoms with E-state index in [4.69, 9.17) is 0 Å². The molecule has 0 aromatic heterocycles. The first kappa shape index (κ1) is 19.9. The Bertz CT molecular complexity index is 858. The minimum atomic E-state index is -0.988. The summed E-state index contributed by atoms with van der Waals surface area (Å²) >= 11 is 0. The highest BCUT2D eigenvalue weighted by atomic mass is 16.4. The van der Waals surface area contributed by atoms with Crippen LogP contribution in [0.5, 0.6) is 0 Å². The normalized spacial score (nSPS) is 14.7. The number of nitrogens with zero attached hydrogens (tertiary/aromatic N) is 2. The second-order valence-electron chi connectivity index (χ2n) is 7.19. The number of hydrogen-bond acceptors (Lipinski definition) is 4. The fraction of sp³-hybridized carbons (Fsp3) is 0.364. The summed E-state index contributed by atoms with van der Waals surface area (Å²) in [6.45, 7) is 8.62. The largest absolute Gasteiger partial charge is 0.478 e. The van der Waals surface area contributed by atoms with Crippen molar-refractivity contribution in [3.05, 3.63) is 59.2 Å². The highest BCUT2D eigenvalue weighted by Crippen LogP contribution is 2.26. The number of amides is 1. The summed E-state index contributed by atoms with van der Waals surface area (Å²) in [5, 5.41) is 12.5. The van der Waals surface area contributed by atoms with Crippen LogP contribution in [0.2, 0.25) is 0 Å². The average Bonchev–Trinajstić information content (AvgIpc) is 2.69. The molecule has 0 radical (unpaired) electrons. The van der Waals surface area contributed by atoms with Crippen LogP contribution in [0.25, 0.3) is 0 Å². The maximum Gasteiger partial charge on any atom is 0.337 e. The molecule has 2 aromatic rings. The molecule has 148 valence electrons. The number of carbonyl (C=O) groups is 2. The molecular formula is C22H27N3O3. The molecule has 0 unspecified atom stereocenters. The minimum absolute atomic E-state index is 0.214. The molecule has 1 amide bonds. The topological polar surface area (TPSA) is 72.9 Å². The van der Waals surface area contributed by atoms with Crippen LogP contribution in [0.3, 0.4) is 0 Å². The number of carboxylic acid groups (broad SMARTS) is 1. The lowest BCUT2D eigenvalue weighted by atomic mass is 10.1. The molecule has 0 atom stereocenters. The first-order valence-electron chi connectivity index (χ1n) is 9.70. The minimum Gasteiger partial charge on any atom is -0.478 e. The van der Waals surface area contributed by atoms with Crippen molar-refractivity contribution in [1.82, 2.24) is 4.90 Å². The summed E-state index contributed by atoms with van der Waals surface area (Å²) in [5.74, 6) is -1.24. The highest BCUT2D eigenvalue weighted by molar-refractivity contribution is 6.05. The van der Waals surface area contributed by atoms with E-state index in [-0.39, 0.29) is 11.5 Å². The predicted molar refractivity (Wildman–Crippen MR) is 111 cm³/mol. The fourth-order valence-corrected chi connectivity index (χ4v) is 3.58. The molecule has 6 nitrogen and oxygen atoms in total. The fourth-order valence-electron chi connectivity index (χ4n) is 3.58. The van der Waals surface area contributed by atoms with Crippen LogP contribution in [-0.4, -0.2) is 54.6 Å². The SMILES string of the molecule is CCCN1CCN(c2ccc(NC(=O)c3cccc(C)c3)cc2C(=O)O)CC1. The number of rotatable bonds is 6. The Morgan fingerprint density at radius 3 is 2.46 bits per heavy atom. The molecule has 2 N–H and O–H groups in total. The summed E-state index contributed by atoms with van der Waals surface area (Å²) < 4.78 is 0. The maximum atomic E-state index is 12.5. The van der Waals surface area contributed by atoms with Gasteiger partial charge in [0.05, 0.1) is 11.3 Å². The number of benzene rings is 2. The number of aryl methyl sites for hydroxylation is 1. The summed E-state index contributed by atoms with van der Waals surface area (Å²) in [7, 11) is 0. The number of carbonyl (C=O) groups excluding carboxylic acids is 1. The van der Waals surface area contributed by atoms with E-state index < -0.39 is 5.97 Å². The third kappa shape index (κ3) is 4.70. The van der Waals surface area contributed by atoms with Gasteiger partial charge in [0.25, 0.3) is 5.91 Å². The van der Waals surface area contributed by atoms with E-state index in [1.165, 1.54) is 0 Å². The summed E-state index contributed by atoms with van der Waals surface area (Å²) in [6.07, 6.45) is 1.12. The molecule has 1 fully saturated rings. The molecule has 0 aliphatic carbocycles. The monoisotopic (exact) mass is 381 g/mol. The number of aromatic carboxylic acids is 1. The number of anilines is 2. The van der Waals surface area contributed by atoms with Crippen molar-refractivity contribution >= 4 is 23.3 Å². The lowest BCUT2D eigenvalue weighted by Crippen LogP contribution is -2.47. The van der Waals surface area contributed by atoms with Crippen molar-refractivity contribution in [3.63, 3.8) is 0 Å². The predicted octanol–water partition coefficient (Wildman–Crippen LogP) is 3.48. The molecular weight excluding hydrogens is 354 g/mol. The maximum absolute atomic E-state index is 12.5. The van der Waals surface area contributed by atoms with Gasteiger partial charge in [-0.25, -0.2) is 4.79 Å². The van der Waals surface area contributed by atoms with Crippen LogP contribution < -0.4 is 10.2 Å². The smallest absolute Gasteiger partial charge is 0.337 e. The molecule has 1 heterocycles. The van der Waals surface area contributed by atoms with Crippen LogP contribution in [-0.2, 0) is 0 Å².